The van der Waals surface area contributed by atoms with Crippen molar-refractivity contribution in [3.05, 3.63) is 29.6 Å². The van der Waals surface area contributed by atoms with E-state index in [4.69, 9.17) is 10.5 Å². The molecule has 0 aliphatic carbocycles. The zero-order chi connectivity index (χ0) is 12.3. The Bertz CT molecular complexity index is 417. The summed E-state index contributed by atoms with van der Waals surface area (Å²) in [6.07, 6.45) is 1.82. The number of benzene rings is 1. The molecule has 0 bridgehead atoms. The van der Waals surface area contributed by atoms with Crippen LogP contribution >= 0.6 is 0 Å². The van der Waals surface area contributed by atoms with Gasteiger partial charge in [0.15, 0.2) is 0 Å². The topological polar surface area (TPSA) is 64.4 Å². The van der Waals surface area contributed by atoms with Crippen LogP contribution in [-0.2, 0) is 4.74 Å². The minimum atomic E-state index is -0.572. The van der Waals surface area contributed by atoms with E-state index in [1.54, 1.807) is 0 Å². The summed E-state index contributed by atoms with van der Waals surface area (Å²) in [4.78, 5) is 11.8. The van der Waals surface area contributed by atoms with Crippen LogP contribution in [0, 0.1) is 5.82 Å². The second kappa shape index (κ2) is 5.14. The van der Waals surface area contributed by atoms with Gasteiger partial charge in [0.25, 0.3) is 5.91 Å². The summed E-state index contributed by atoms with van der Waals surface area (Å²) in [6.45, 7) is 1.26. The summed E-state index contributed by atoms with van der Waals surface area (Å²) in [6, 6.07) is 4.06. The molecule has 4 nitrogen and oxygen atoms in total. The molecule has 92 valence electrons. The van der Waals surface area contributed by atoms with Gasteiger partial charge in [0.2, 0.25) is 0 Å². The third-order valence-corrected chi connectivity index (χ3v) is 2.76. The van der Waals surface area contributed by atoms with E-state index in [1.165, 1.54) is 12.1 Å². The molecule has 1 aliphatic heterocycles. The SMILES string of the molecule is Nc1ccc(C(=O)NC2CCCOC2)cc1F. The van der Waals surface area contributed by atoms with Gasteiger partial charge < -0.3 is 15.8 Å². The Kier molecular flexibility index (Phi) is 3.58. The van der Waals surface area contributed by atoms with E-state index in [0.717, 1.165) is 25.5 Å². The summed E-state index contributed by atoms with van der Waals surface area (Å²) < 4.78 is 18.4. The number of amides is 1. The summed E-state index contributed by atoms with van der Waals surface area (Å²) in [5, 5.41) is 2.81. The summed E-state index contributed by atoms with van der Waals surface area (Å²) in [5.41, 5.74) is 5.67. The van der Waals surface area contributed by atoms with Gasteiger partial charge in [0, 0.05) is 12.2 Å². The summed E-state index contributed by atoms with van der Waals surface area (Å²) >= 11 is 0. The van der Waals surface area contributed by atoms with E-state index < -0.39 is 5.82 Å². The van der Waals surface area contributed by atoms with Crippen LogP contribution in [0.3, 0.4) is 0 Å². The number of hydrogen-bond donors (Lipinski definition) is 2. The molecule has 1 aliphatic rings. The van der Waals surface area contributed by atoms with Crippen LogP contribution in [0.1, 0.15) is 23.2 Å². The highest BCUT2D eigenvalue weighted by molar-refractivity contribution is 5.94. The van der Waals surface area contributed by atoms with Crippen molar-refractivity contribution in [3.63, 3.8) is 0 Å². The molecule has 1 unspecified atom stereocenters. The average Bonchev–Trinajstić information content (AvgIpc) is 2.34. The number of halogens is 1. The first-order valence-electron chi connectivity index (χ1n) is 5.60. The van der Waals surface area contributed by atoms with E-state index in [1.807, 2.05) is 0 Å². The monoisotopic (exact) mass is 238 g/mol. The fraction of sp³-hybridized carbons (Fsp3) is 0.417. The van der Waals surface area contributed by atoms with Gasteiger partial charge in [-0.25, -0.2) is 4.39 Å². The average molecular weight is 238 g/mol. The minimum Gasteiger partial charge on any atom is -0.396 e. The van der Waals surface area contributed by atoms with Crippen LogP contribution in [0.4, 0.5) is 10.1 Å². The van der Waals surface area contributed by atoms with Gasteiger partial charge in [0.1, 0.15) is 5.82 Å². The standard InChI is InChI=1S/C12H15FN2O2/c13-10-6-8(3-4-11(10)14)12(16)15-9-2-1-5-17-7-9/h3-4,6,9H,1-2,5,7,14H2,(H,15,16). The van der Waals surface area contributed by atoms with Gasteiger partial charge in [-0.2, -0.15) is 0 Å². The Morgan fingerprint density at radius 2 is 2.35 bits per heavy atom. The second-order valence-electron chi connectivity index (χ2n) is 4.12. The molecular weight excluding hydrogens is 223 g/mol. The number of nitrogens with two attached hydrogens (primary N) is 1. The highest BCUT2D eigenvalue weighted by atomic mass is 19.1. The first kappa shape index (κ1) is 11.9. The van der Waals surface area contributed by atoms with Gasteiger partial charge in [-0.15, -0.1) is 0 Å². The third kappa shape index (κ3) is 2.94. The predicted molar refractivity (Wildman–Crippen MR) is 62.1 cm³/mol. The zero-order valence-corrected chi connectivity index (χ0v) is 9.41. The Morgan fingerprint density at radius 3 is 3.00 bits per heavy atom. The molecular formula is C12H15FN2O2. The lowest BCUT2D eigenvalue weighted by Crippen LogP contribution is -2.40. The van der Waals surface area contributed by atoms with Crippen molar-refractivity contribution in [2.45, 2.75) is 18.9 Å². The molecule has 1 saturated heterocycles. The van der Waals surface area contributed by atoms with Crippen molar-refractivity contribution < 1.29 is 13.9 Å². The van der Waals surface area contributed by atoms with Crippen LogP contribution in [0.5, 0.6) is 0 Å². The van der Waals surface area contributed by atoms with Crippen LogP contribution < -0.4 is 11.1 Å². The van der Waals surface area contributed by atoms with Crippen molar-refractivity contribution in [1.82, 2.24) is 5.32 Å². The maximum Gasteiger partial charge on any atom is 0.251 e. The van der Waals surface area contributed by atoms with E-state index in [9.17, 15) is 9.18 Å². The maximum atomic E-state index is 13.2. The third-order valence-electron chi connectivity index (χ3n) is 2.76. The molecule has 1 aromatic rings. The molecule has 3 N–H and O–H groups in total. The molecule has 17 heavy (non-hydrogen) atoms. The predicted octanol–water partition coefficient (Wildman–Crippen LogP) is 1.32. The van der Waals surface area contributed by atoms with Crippen molar-refractivity contribution in [2.24, 2.45) is 0 Å². The van der Waals surface area contributed by atoms with Gasteiger partial charge in [-0.3, -0.25) is 4.79 Å². The van der Waals surface area contributed by atoms with Crippen molar-refractivity contribution in [1.29, 1.82) is 0 Å². The van der Waals surface area contributed by atoms with E-state index in [-0.39, 0.29) is 23.2 Å². The van der Waals surface area contributed by atoms with Crippen LogP contribution in [0.15, 0.2) is 18.2 Å². The lowest BCUT2D eigenvalue weighted by Gasteiger charge is -2.23. The Hall–Kier alpha value is -1.62. The molecule has 1 aromatic carbocycles. The normalized spacial score (nSPS) is 19.9. The van der Waals surface area contributed by atoms with Crippen LogP contribution in [-0.4, -0.2) is 25.2 Å². The van der Waals surface area contributed by atoms with Gasteiger partial charge in [-0.1, -0.05) is 0 Å². The largest absolute Gasteiger partial charge is 0.396 e. The molecule has 1 fully saturated rings. The highest BCUT2D eigenvalue weighted by Crippen LogP contribution is 2.13. The van der Waals surface area contributed by atoms with Crippen molar-refractivity contribution in [3.8, 4) is 0 Å². The first-order valence-corrected chi connectivity index (χ1v) is 5.60. The number of nitrogens with one attached hydrogen (secondary N) is 1. The second-order valence-corrected chi connectivity index (χ2v) is 4.12. The summed E-state index contributed by atoms with van der Waals surface area (Å²) in [7, 11) is 0. The fourth-order valence-corrected chi connectivity index (χ4v) is 1.79. The molecule has 0 saturated carbocycles. The number of rotatable bonds is 2. The number of nitrogen functional groups attached to an aromatic ring is 1. The lowest BCUT2D eigenvalue weighted by molar-refractivity contribution is 0.0624. The smallest absolute Gasteiger partial charge is 0.251 e. The van der Waals surface area contributed by atoms with Gasteiger partial charge >= 0.3 is 0 Å². The molecule has 1 amide bonds. The molecule has 2 rings (SSSR count). The van der Waals surface area contributed by atoms with Gasteiger partial charge in [-0.05, 0) is 31.0 Å². The molecule has 1 atom stereocenters. The molecule has 0 aromatic heterocycles. The number of ether oxygens (including phenoxy) is 1. The number of carbonyl (C=O) groups excluding carboxylic acids is 1. The Morgan fingerprint density at radius 1 is 1.53 bits per heavy atom. The van der Waals surface area contributed by atoms with Gasteiger partial charge in [0.05, 0.1) is 18.3 Å². The minimum absolute atomic E-state index is 0.0110. The quantitative estimate of drug-likeness (QED) is 0.764. The highest BCUT2D eigenvalue weighted by Gasteiger charge is 2.17. The van der Waals surface area contributed by atoms with Crippen LogP contribution in [0.2, 0.25) is 0 Å². The number of carbonyl (C=O) groups is 1. The van der Waals surface area contributed by atoms with E-state index in [2.05, 4.69) is 5.32 Å². The maximum absolute atomic E-state index is 13.2. The van der Waals surface area contributed by atoms with Crippen LogP contribution in [0.25, 0.3) is 0 Å². The zero-order valence-electron chi connectivity index (χ0n) is 9.41. The number of hydrogen-bond acceptors (Lipinski definition) is 3. The van der Waals surface area contributed by atoms with Crippen molar-refractivity contribution >= 4 is 11.6 Å². The Labute approximate surface area is 98.9 Å². The lowest BCUT2D eigenvalue weighted by atomic mass is 10.1. The summed E-state index contributed by atoms with van der Waals surface area (Å²) in [5.74, 6) is -0.864. The number of anilines is 1. The van der Waals surface area contributed by atoms with E-state index in [0.29, 0.717) is 6.61 Å². The first-order chi connectivity index (χ1) is 8.16. The van der Waals surface area contributed by atoms with E-state index >= 15 is 0 Å². The Balaban J connectivity index is 2.01. The molecule has 5 heteroatoms. The molecule has 0 radical (unpaired) electrons. The molecule has 1 heterocycles. The fourth-order valence-electron chi connectivity index (χ4n) is 1.79. The molecule has 0 spiro atoms. The van der Waals surface area contributed by atoms with Crippen molar-refractivity contribution in [2.75, 3.05) is 18.9 Å².